The average molecular weight is 250 g/mol. The second kappa shape index (κ2) is 4.97. The number of likely N-dealkylation sites (tertiary alicyclic amines) is 1. The molecule has 3 rings (SSSR count). The molecule has 0 amide bonds. The van der Waals surface area contributed by atoms with E-state index >= 15 is 0 Å². The van der Waals surface area contributed by atoms with Gasteiger partial charge in [0.15, 0.2) is 5.82 Å². The zero-order valence-electron chi connectivity index (χ0n) is 11.2. The predicted molar refractivity (Wildman–Crippen MR) is 68.3 cm³/mol. The summed E-state index contributed by atoms with van der Waals surface area (Å²) >= 11 is 0. The smallest absolute Gasteiger partial charge is 0.244 e. The van der Waals surface area contributed by atoms with Gasteiger partial charge in [-0.1, -0.05) is 5.16 Å². The number of hydrogen-bond donors (Lipinski definition) is 1. The van der Waals surface area contributed by atoms with Crippen molar-refractivity contribution in [3.8, 4) is 0 Å². The lowest BCUT2D eigenvalue weighted by Crippen LogP contribution is -2.30. The van der Waals surface area contributed by atoms with Crippen molar-refractivity contribution < 1.29 is 4.52 Å². The van der Waals surface area contributed by atoms with Gasteiger partial charge in [0.05, 0.1) is 6.04 Å². The van der Waals surface area contributed by atoms with Crippen molar-refractivity contribution in [1.29, 1.82) is 0 Å². The lowest BCUT2D eigenvalue weighted by atomic mass is 10.1. The van der Waals surface area contributed by atoms with E-state index in [0.717, 1.165) is 44.2 Å². The summed E-state index contributed by atoms with van der Waals surface area (Å²) in [5, 5.41) is 7.53. The zero-order chi connectivity index (χ0) is 12.5. The molecule has 0 radical (unpaired) electrons. The van der Waals surface area contributed by atoms with Gasteiger partial charge in [0, 0.05) is 18.5 Å². The van der Waals surface area contributed by atoms with Gasteiger partial charge in [-0.15, -0.1) is 0 Å². The normalized spacial score (nSPS) is 29.5. The van der Waals surface area contributed by atoms with Crippen LogP contribution in [0, 0.1) is 0 Å². The fraction of sp³-hybridized carbons (Fsp3) is 0.846. The minimum atomic E-state index is 0.334. The summed E-state index contributed by atoms with van der Waals surface area (Å²) in [5.74, 6) is 2.16. The lowest BCUT2D eigenvalue weighted by molar-refractivity contribution is 0.170. The van der Waals surface area contributed by atoms with E-state index in [2.05, 4.69) is 34.2 Å². The van der Waals surface area contributed by atoms with E-state index in [9.17, 15) is 0 Å². The second-order valence-corrected chi connectivity index (χ2v) is 5.67. The third kappa shape index (κ3) is 2.17. The number of nitrogens with zero attached hydrogens (tertiary/aromatic N) is 3. The summed E-state index contributed by atoms with van der Waals surface area (Å²) in [6.45, 7) is 7.66. The van der Waals surface area contributed by atoms with Gasteiger partial charge in [0.2, 0.25) is 5.89 Å². The standard InChI is InChI=1S/C13H22N4O/c1-9(2)17-7-3-4-11(17)13-15-12(16-18-13)10-5-6-14-8-10/h9-11,14H,3-8H2,1-2H3. The van der Waals surface area contributed by atoms with E-state index in [0.29, 0.717) is 18.0 Å². The van der Waals surface area contributed by atoms with Crippen LogP contribution in [0.2, 0.25) is 0 Å². The minimum Gasteiger partial charge on any atom is -0.338 e. The molecule has 0 bridgehead atoms. The topological polar surface area (TPSA) is 54.2 Å². The van der Waals surface area contributed by atoms with Gasteiger partial charge in [0.25, 0.3) is 0 Å². The molecule has 0 aliphatic carbocycles. The highest BCUT2D eigenvalue weighted by Crippen LogP contribution is 2.33. The maximum atomic E-state index is 5.51. The number of hydrogen-bond acceptors (Lipinski definition) is 5. The highest BCUT2D eigenvalue weighted by Gasteiger charge is 2.33. The van der Waals surface area contributed by atoms with Crippen molar-refractivity contribution >= 4 is 0 Å². The Bertz CT molecular complexity index is 397. The highest BCUT2D eigenvalue weighted by atomic mass is 16.5. The molecule has 2 atom stereocenters. The molecule has 5 nitrogen and oxygen atoms in total. The van der Waals surface area contributed by atoms with Crippen LogP contribution in [-0.4, -0.2) is 40.7 Å². The van der Waals surface area contributed by atoms with Gasteiger partial charge < -0.3 is 9.84 Å². The highest BCUT2D eigenvalue weighted by molar-refractivity contribution is 5.03. The first kappa shape index (κ1) is 12.1. The molecule has 2 aliphatic rings. The summed E-state index contributed by atoms with van der Waals surface area (Å²) in [5.41, 5.74) is 0. The van der Waals surface area contributed by atoms with Gasteiger partial charge >= 0.3 is 0 Å². The maximum Gasteiger partial charge on any atom is 0.244 e. The van der Waals surface area contributed by atoms with Crippen LogP contribution >= 0.6 is 0 Å². The maximum absolute atomic E-state index is 5.51. The Labute approximate surface area is 108 Å². The van der Waals surface area contributed by atoms with E-state index in [1.165, 1.54) is 6.42 Å². The first-order chi connectivity index (χ1) is 8.75. The molecule has 0 spiro atoms. The molecule has 1 N–H and O–H groups in total. The van der Waals surface area contributed by atoms with Gasteiger partial charge in [-0.3, -0.25) is 4.90 Å². The Kier molecular flexibility index (Phi) is 3.35. The SMILES string of the molecule is CC(C)N1CCCC1c1nc(C2CCNC2)no1. The molecule has 3 heterocycles. The predicted octanol–water partition coefficient (Wildman–Crippen LogP) is 1.69. The molecule has 0 aromatic carbocycles. The second-order valence-electron chi connectivity index (χ2n) is 5.67. The average Bonchev–Trinajstić information content (AvgIpc) is 3.10. The van der Waals surface area contributed by atoms with Crippen LogP contribution in [0.25, 0.3) is 0 Å². The summed E-state index contributed by atoms with van der Waals surface area (Å²) in [6.07, 6.45) is 3.49. The van der Waals surface area contributed by atoms with Crippen LogP contribution in [0.5, 0.6) is 0 Å². The molecule has 2 aliphatic heterocycles. The largest absolute Gasteiger partial charge is 0.338 e. The van der Waals surface area contributed by atoms with Crippen molar-refractivity contribution in [3.63, 3.8) is 0 Å². The quantitative estimate of drug-likeness (QED) is 0.884. The van der Waals surface area contributed by atoms with Gasteiger partial charge in [-0.05, 0) is 46.2 Å². The Balaban J connectivity index is 1.76. The van der Waals surface area contributed by atoms with Crippen LogP contribution in [0.1, 0.15) is 56.8 Å². The van der Waals surface area contributed by atoms with E-state index < -0.39 is 0 Å². The molecule has 0 saturated carbocycles. The van der Waals surface area contributed by atoms with Crippen molar-refractivity contribution in [1.82, 2.24) is 20.4 Å². The lowest BCUT2D eigenvalue weighted by Gasteiger charge is -2.25. The molecule has 1 aromatic rings. The van der Waals surface area contributed by atoms with Crippen LogP contribution in [0.15, 0.2) is 4.52 Å². The molecule has 2 fully saturated rings. The van der Waals surface area contributed by atoms with Gasteiger partial charge in [0.1, 0.15) is 0 Å². The van der Waals surface area contributed by atoms with Crippen molar-refractivity contribution in [2.45, 2.75) is 51.1 Å². The van der Waals surface area contributed by atoms with E-state index in [1.54, 1.807) is 0 Å². The number of aromatic nitrogens is 2. The minimum absolute atomic E-state index is 0.334. The Morgan fingerprint density at radius 2 is 2.28 bits per heavy atom. The third-order valence-electron chi connectivity index (χ3n) is 4.13. The Morgan fingerprint density at radius 1 is 1.39 bits per heavy atom. The zero-order valence-corrected chi connectivity index (χ0v) is 11.2. The number of rotatable bonds is 3. The van der Waals surface area contributed by atoms with Crippen molar-refractivity contribution in [2.24, 2.45) is 0 Å². The first-order valence-electron chi connectivity index (χ1n) is 7.05. The van der Waals surface area contributed by atoms with Crippen molar-refractivity contribution in [2.75, 3.05) is 19.6 Å². The number of nitrogens with one attached hydrogen (secondary N) is 1. The van der Waals surface area contributed by atoms with Gasteiger partial charge in [-0.2, -0.15) is 4.98 Å². The van der Waals surface area contributed by atoms with Crippen LogP contribution in [0.4, 0.5) is 0 Å². The Hall–Kier alpha value is -0.940. The van der Waals surface area contributed by atoms with Crippen LogP contribution in [0.3, 0.4) is 0 Å². The summed E-state index contributed by atoms with van der Waals surface area (Å²) in [4.78, 5) is 7.11. The fourth-order valence-electron chi connectivity index (χ4n) is 3.10. The van der Waals surface area contributed by atoms with Crippen LogP contribution in [-0.2, 0) is 0 Å². The fourth-order valence-corrected chi connectivity index (χ4v) is 3.10. The third-order valence-corrected chi connectivity index (χ3v) is 4.13. The summed E-state index contributed by atoms with van der Waals surface area (Å²) in [6, 6.07) is 0.876. The first-order valence-corrected chi connectivity index (χ1v) is 7.05. The molecule has 2 saturated heterocycles. The van der Waals surface area contributed by atoms with E-state index in [-0.39, 0.29) is 0 Å². The van der Waals surface area contributed by atoms with E-state index in [1.807, 2.05) is 0 Å². The molecule has 1 aromatic heterocycles. The van der Waals surface area contributed by atoms with Crippen molar-refractivity contribution in [3.05, 3.63) is 11.7 Å². The van der Waals surface area contributed by atoms with Crippen LogP contribution < -0.4 is 5.32 Å². The summed E-state index contributed by atoms with van der Waals surface area (Å²) in [7, 11) is 0. The summed E-state index contributed by atoms with van der Waals surface area (Å²) < 4.78 is 5.51. The van der Waals surface area contributed by atoms with E-state index in [4.69, 9.17) is 4.52 Å². The molecular formula is C13H22N4O. The monoisotopic (exact) mass is 250 g/mol. The van der Waals surface area contributed by atoms with Gasteiger partial charge in [-0.25, -0.2) is 0 Å². The molecular weight excluding hydrogens is 228 g/mol. The molecule has 2 unspecified atom stereocenters. The molecule has 5 heteroatoms. The molecule has 18 heavy (non-hydrogen) atoms. The Morgan fingerprint density at radius 3 is 3.00 bits per heavy atom. The molecule has 100 valence electrons.